The maximum Gasteiger partial charge on any atom is 0.338 e. The highest BCUT2D eigenvalue weighted by Crippen LogP contribution is 2.37. The van der Waals surface area contributed by atoms with Crippen molar-refractivity contribution in [2.24, 2.45) is 0 Å². The van der Waals surface area contributed by atoms with Crippen LogP contribution in [-0.2, 0) is 14.8 Å². The molecule has 0 fully saturated rings. The fourth-order valence-electron chi connectivity index (χ4n) is 3.23. The number of halogens is 1. The van der Waals surface area contributed by atoms with E-state index in [1.165, 1.54) is 31.4 Å². The Kier molecular flexibility index (Phi) is 9.35. The number of hydrogen-bond donors (Lipinski definition) is 1. The van der Waals surface area contributed by atoms with Gasteiger partial charge in [0.15, 0.2) is 11.5 Å². The first-order valence-corrected chi connectivity index (χ1v) is 13.9. The Morgan fingerprint density at radius 3 is 2.41 bits per heavy atom. The Morgan fingerprint density at radius 1 is 1.03 bits per heavy atom. The summed E-state index contributed by atoms with van der Waals surface area (Å²) in [6.07, 6.45) is 1.33. The van der Waals surface area contributed by atoms with Crippen molar-refractivity contribution in [3.63, 3.8) is 0 Å². The van der Waals surface area contributed by atoms with Gasteiger partial charge in [-0.15, -0.1) is 11.3 Å². The van der Waals surface area contributed by atoms with Crippen LogP contribution in [0, 0.1) is 0 Å². The second-order valence-corrected chi connectivity index (χ2v) is 10.9. The third-order valence-corrected chi connectivity index (χ3v) is 8.12. The van der Waals surface area contributed by atoms with Gasteiger partial charge in [0.2, 0.25) is 0 Å². The lowest BCUT2D eigenvalue weighted by Crippen LogP contribution is -2.28. The SMILES string of the molecule is CCOC(=O)c1ccnc(NC(=O)c2sc(Cl)cc2S(=O)(=O)N(C)c2ccc(OCC)c(OCC)c2)c1. The number of amides is 1. The van der Waals surface area contributed by atoms with Crippen molar-refractivity contribution >= 4 is 56.3 Å². The zero-order valence-electron chi connectivity index (χ0n) is 20.6. The summed E-state index contributed by atoms with van der Waals surface area (Å²) < 4.78 is 44.4. The fraction of sp³-hybridized carbons (Fsp3) is 0.292. The van der Waals surface area contributed by atoms with E-state index in [9.17, 15) is 18.0 Å². The molecule has 0 bridgehead atoms. The lowest BCUT2D eigenvalue weighted by Gasteiger charge is -2.21. The molecule has 198 valence electrons. The molecule has 0 unspecified atom stereocenters. The van der Waals surface area contributed by atoms with Crippen LogP contribution in [-0.4, -0.2) is 52.1 Å². The third kappa shape index (κ3) is 6.51. The zero-order valence-corrected chi connectivity index (χ0v) is 23.0. The van der Waals surface area contributed by atoms with Gasteiger partial charge in [-0.3, -0.25) is 9.10 Å². The lowest BCUT2D eigenvalue weighted by atomic mass is 10.2. The average Bonchev–Trinajstić information content (AvgIpc) is 3.28. The molecular weight excluding hydrogens is 542 g/mol. The first-order valence-electron chi connectivity index (χ1n) is 11.2. The van der Waals surface area contributed by atoms with Crippen LogP contribution in [0.4, 0.5) is 11.5 Å². The number of hydrogen-bond acceptors (Lipinski definition) is 9. The minimum atomic E-state index is -4.22. The van der Waals surface area contributed by atoms with Crippen LogP contribution in [0.2, 0.25) is 4.34 Å². The molecule has 1 aromatic carbocycles. The van der Waals surface area contributed by atoms with Crippen molar-refractivity contribution in [1.82, 2.24) is 4.98 Å². The molecule has 1 N–H and O–H groups in total. The molecule has 3 rings (SSSR count). The zero-order chi connectivity index (χ0) is 27.2. The first kappa shape index (κ1) is 28.2. The molecule has 2 heterocycles. The molecule has 0 atom stereocenters. The summed E-state index contributed by atoms with van der Waals surface area (Å²) in [5.74, 6) is -0.414. The summed E-state index contributed by atoms with van der Waals surface area (Å²) in [5.41, 5.74) is 0.480. The Labute approximate surface area is 224 Å². The average molecular weight is 568 g/mol. The number of carbonyl (C=O) groups is 2. The number of rotatable bonds is 11. The van der Waals surface area contributed by atoms with E-state index in [-0.39, 0.29) is 32.1 Å². The molecular formula is C24H26ClN3O7S2. The summed E-state index contributed by atoms with van der Waals surface area (Å²) in [6.45, 7) is 6.26. The molecule has 37 heavy (non-hydrogen) atoms. The Bertz CT molecular complexity index is 1390. The maximum absolute atomic E-state index is 13.6. The molecule has 0 aliphatic heterocycles. The quantitative estimate of drug-likeness (QED) is 0.326. The van der Waals surface area contributed by atoms with Gasteiger partial charge in [0.1, 0.15) is 15.6 Å². The van der Waals surface area contributed by atoms with Crippen molar-refractivity contribution < 1.29 is 32.2 Å². The van der Waals surface area contributed by atoms with Crippen LogP contribution in [0.25, 0.3) is 0 Å². The lowest BCUT2D eigenvalue weighted by molar-refractivity contribution is 0.0526. The topological polar surface area (TPSA) is 124 Å². The third-order valence-electron chi connectivity index (χ3n) is 4.92. The van der Waals surface area contributed by atoms with Crippen molar-refractivity contribution in [1.29, 1.82) is 0 Å². The number of ether oxygens (including phenoxy) is 3. The van der Waals surface area contributed by atoms with Gasteiger partial charge in [-0.05, 0) is 51.1 Å². The fourth-order valence-corrected chi connectivity index (χ4v) is 6.11. The molecule has 1 amide bonds. The van der Waals surface area contributed by atoms with Crippen LogP contribution in [0.15, 0.2) is 47.5 Å². The first-order chi connectivity index (χ1) is 17.6. The standard InChI is InChI=1S/C24H26ClN3O7S2/c1-5-33-17-9-8-16(13-18(17)34-6-2)28(4)37(31,32)19-14-20(25)36-22(19)23(29)27-21-12-15(10-11-26-21)24(30)35-7-3/h8-14H,5-7H2,1-4H3,(H,26,27,29). The van der Waals surface area contributed by atoms with Crippen LogP contribution < -0.4 is 19.1 Å². The molecule has 3 aromatic rings. The Morgan fingerprint density at radius 2 is 1.73 bits per heavy atom. The van der Waals surface area contributed by atoms with E-state index in [1.54, 1.807) is 32.0 Å². The van der Waals surface area contributed by atoms with Crippen molar-refractivity contribution in [3.05, 3.63) is 57.4 Å². The number of esters is 1. The molecule has 0 saturated carbocycles. The van der Waals surface area contributed by atoms with E-state index in [2.05, 4.69) is 10.3 Å². The van der Waals surface area contributed by atoms with Gasteiger partial charge in [-0.2, -0.15) is 0 Å². The number of carbonyl (C=O) groups excluding carboxylic acids is 2. The van der Waals surface area contributed by atoms with Gasteiger partial charge in [0.25, 0.3) is 15.9 Å². The number of sulfonamides is 1. The molecule has 0 aliphatic carbocycles. The highest BCUT2D eigenvalue weighted by atomic mass is 35.5. The molecule has 0 aliphatic rings. The summed E-state index contributed by atoms with van der Waals surface area (Å²) >= 11 is 6.94. The van der Waals surface area contributed by atoms with Gasteiger partial charge in [-0.25, -0.2) is 18.2 Å². The number of anilines is 2. The van der Waals surface area contributed by atoms with Gasteiger partial charge >= 0.3 is 5.97 Å². The van der Waals surface area contributed by atoms with Crippen molar-refractivity contribution in [2.45, 2.75) is 25.7 Å². The molecule has 10 nitrogen and oxygen atoms in total. The van der Waals surface area contributed by atoms with Crippen LogP contribution in [0.5, 0.6) is 11.5 Å². The highest BCUT2D eigenvalue weighted by Gasteiger charge is 2.30. The van der Waals surface area contributed by atoms with Gasteiger partial charge in [-0.1, -0.05) is 11.6 Å². The van der Waals surface area contributed by atoms with E-state index in [0.717, 1.165) is 15.6 Å². The van der Waals surface area contributed by atoms with E-state index < -0.39 is 21.9 Å². The van der Waals surface area contributed by atoms with E-state index in [1.807, 2.05) is 6.92 Å². The molecule has 0 radical (unpaired) electrons. The van der Waals surface area contributed by atoms with Gasteiger partial charge in [0, 0.05) is 19.3 Å². The van der Waals surface area contributed by atoms with Crippen molar-refractivity contribution in [3.8, 4) is 11.5 Å². The minimum Gasteiger partial charge on any atom is -0.490 e. The minimum absolute atomic E-state index is 0.0460. The van der Waals surface area contributed by atoms with E-state index >= 15 is 0 Å². The smallest absolute Gasteiger partial charge is 0.338 e. The number of nitrogens with one attached hydrogen (secondary N) is 1. The second kappa shape index (κ2) is 12.3. The number of benzene rings is 1. The summed E-state index contributed by atoms with van der Waals surface area (Å²) in [5, 5.41) is 2.52. The predicted octanol–water partition coefficient (Wildman–Crippen LogP) is 4.85. The summed E-state index contributed by atoms with van der Waals surface area (Å²) in [6, 6.07) is 8.72. The monoisotopic (exact) mass is 567 g/mol. The number of nitrogens with zero attached hydrogens (tertiary/aromatic N) is 2. The summed E-state index contributed by atoms with van der Waals surface area (Å²) in [4.78, 5) is 28.7. The number of aromatic nitrogens is 1. The van der Waals surface area contributed by atoms with Crippen LogP contribution in [0.3, 0.4) is 0 Å². The van der Waals surface area contributed by atoms with E-state index in [0.29, 0.717) is 30.4 Å². The van der Waals surface area contributed by atoms with Crippen LogP contribution in [0.1, 0.15) is 40.8 Å². The maximum atomic E-state index is 13.6. The largest absolute Gasteiger partial charge is 0.490 e. The van der Waals surface area contributed by atoms with Gasteiger partial charge in [0.05, 0.1) is 35.4 Å². The summed E-state index contributed by atoms with van der Waals surface area (Å²) in [7, 11) is -2.86. The Balaban J connectivity index is 1.92. The number of pyridine rings is 1. The van der Waals surface area contributed by atoms with E-state index in [4.69, 9.17) is 25.8 Å². The molecule has 13 heteroatoms. The van der Waals surface area contributed by atoms with Crippen LogP contribution >= 0.6 is 22.9 Å². The number of thiophene rings is 1. The molecule has 2 aromatic heterocycles. The van der Waals surface area contributed by atoms with Crippen molar-refractivity contribution in [2.75, 3.05) is 36.5 Å². The normalized spacial score (nSPS) is 11.1. The molecule has 0 spiro atoms. The molecule has 0 saturated heterocycles. The predicted molar refractivity (Wildman–Crippen MR) is 142 cm³/mol. The van der Waals surface area contributed by atoms with Gasteiger partial charge < -0.3 is 19.5 Å². The Hall–Kier alpha value is -3.35. The highest BCUT2D eigenvalue weighted by molar-refractivity contribution is 7.93. The second-order valence-electron chi connectivity index (χ2n) is 7.32.